The minimum atomic E-state index is -4.85. The molecule has 0 fully saturated rings. The molecule has 2 rings (SSSR count). The van der Waals surface area contributed by atoms with Gasteiger partial charge in [0.2, 0.25) is 11.5 Å². The first-order valence-corrected chi connectivity index (χ1v) is 5.93. The van der Waals surface area contributed by atoms with Crippen LogP contribution >= 0.6 is 0 Å². The first-order valence-electron chi connectivity index (χ1n) is 5.93. The first-order chi connectivity index (χ1) is 9.74. The van der Waals surface area contributed by atoms with E-state index in [1.807, 2.05) is 0 Å². The predicted octanol–water partition coefficient (Wildman–Crippen LogP) is 3.14. The maximum atomic E-state index is 12.9. The summed E-state index contributed by atoms with van der Waals surface area (Å²) in [5.74, 6) is -2.53. The Morgan fingerprint density at radius 1 is 1.24 bits per heavy atom. The number of esters is 1. The monoisotopic (exact) mass is 304 g/mol. The van der Waals surface area contributed by atoms with Gasteiger partial charge in [-0.05, 0) is 13.8 Å². The summed E-state index contributed by atoms with van der Waals surface area (Å²) in [6.45, 7) is 4.42. The van der Waals surface area contributed by atoms with Crippen LogP contribution in [-0.4, -0.2) is 22.5 Å². The highest BCUT2D eigenvalue weighted by Crippen LogP contribution is 2.35. The molecule has 0 aliphatic heterocycles. The molecule has 0 unspecified atom stereocenters. The van der Waals surface area contributed by atoms with Crippen LogP contribution in [0.15, 0.2) is 8.83 Å². The zero-order valence-electron chi connectivity index (χ0n) is 11.4. The number of ether oxygens (including phenoxy) is 1. The second-order valence-electron chi connectivity index (χ2n) is 4.06. The maximum Gasteiger partial charge on any atom is 0.437 e. The minimum Gasteiger partial charge on any atom is -0.460 e. The van der Waals surface area contributed by atoms with E-state index in [2.05, 4.69) is 14.7 Å². The molecule has 0 aromatic carbocycles. The van der Waals surface area contributed by atoms with Crippen molar-refractivity contribution < 1.29 is 31.5 Å². The average molecular weight is 304 g/mol. The number of hydrogen-bond donors (Lipinski definition) is 0. The third-order valence-corrected chi connectivity index (χ3v) is 2.45. The molecular weight excluding hydrogens is 293 g/mol. The van der Waals surface area contributed by atoms with Crippen molar-refractivity contribution in [2.45, 2.75) is 26.9 Å². The molecule has 9 heteroatoms. The zero-order valence-corrected chi connectivity index (χ0v) is 11.4. The number of aromatic nitrogens is 2. The lowest BCUT2D eigenvalue weighted by Gasteiger charge is -2.03. The topological polar surface area (TPSA) is 78.4 Å². The second kappa shape index (κ2) is 5.23. The summed E-state index contributed by atoms with van der Waals surface area (Å²) in [5, 5.41) is 0. The number of halogens is 3. The lowest BCUT2D eigenvalue weighted by Crippen LogP contribution is -2.14. The molecule has 21 heavy (non-hydrogen) atoms. The Morgan fingerprint density at radius 2 is 1.90 bits per heavy atom. The van der Waals surface area contributed by atoms with E-state index in [4.69, 9.17) is 8.83 Å². The minimum absolute atomic E-state index is 0.0615. The standard InChI is InChI=1S/C12H11F3N2O4/c1-4-19-11(18)8-9(12(13,14)15)17-10(21-8)7-5(2)16-6(3)20-7/h4H2,1-3H3. The molecule has 0 bridgehead atoms. The largest absolute Gasteiger partial charge is 0.460 e. The number of nitrogens with zero attached hydrogens (tertiary/aromatic N) is 2. The van der Waals surface area contributed by atoms with E-state index < -0.39 is 29.5 Å². The molecule has 2 aromatic heterocycles. The summed E-state index contributed by atoms with van der Waals surface area (Å²) >= 11 is 0. The van der Waals surface area contributed by atoms with Gasteiger partial charge in [0, 0.05) is 6.92 Å². The molecule has 0 radical (unpaired) electrons. The summed E-state index contributed by atoms with van der Waals surface area (Å²) < 4.78 is 53.3. The summed E-state index contributed by atoms with van der Waals surface area (Å²) in [4.78, 5) is 18.8. The number of carbonyl (C=O) groups is 1. The lowest BCUT2D eigenvalue weighted by molar-refractivity contribution is -0.141. The Morgan fingerprint density at radius 3 is 2.38 bits per heavy atom. The summed E-state index contributed by atoms with van der Waals surface area (Å²) in [5.41, 5.74) is -1.15. The van der Waals surface area contributed by atoms with Gasteiger partial charge in [-0.2, -0.15) is 13.2 Å². The Kier molecular flexibility index (Phi) is 3.75. The van der Waals surface area contributed by atoms with Crippen LogP contribution in [0.2, 0.25) is 0 Å². The first kappa shape index (κ1) is 15.1. The van der Waals surface area contributed by atoms with Crippen LogP contribution in [0.3, 0.4) is 0 Å². The summed E-state index contributed by atoms with van der Waals surface area (Å²) in [6.07, 6.45) is -4.85. The van der Waals surface area contributed by atoms with Crippen molar-refractivity contribution in [1.82, 2.24) is 9.97 Å². The Labute approximate surface area is 116 Å². The molecule has 0 aliphatic rings. The van der Waals surface area contributed by atoms with Gasteiger partial charge in [-0.25, -0.2) is 14.8 Å². The molecule has 2 aromatic rings. The number of oxazole rings is 2. The van der Waals surface area contributed by atoms with Gasteiger partial charge in [0.25, 0.3) is 5.89 Å². The fourth-order valence-electron chi connectivity index (χ4n) is 1.67. The molecule has 0 N–H and O–H groups in total. The van der Waals surface area contributed by atoms with E-state index in [-0.39, 0.29) is 18.3 Å². The smallest absolute Gasteiger partial charge is 0.437 e. The van der Waals surface area contributed by atoms with Gasteiger partial charge in [-0.15, -0.1) is 0 Å². The van der Waals surface area contributed by atoms with Crippen LogP contribution in [-0.2, 0) is 10.9 Å². The highest BCUT2D eigenvalue weighted by Gasteiger charge is 2.42. The van der Waals surface area contributed by atoms with Crippen molar-refractivity contribution in [3.05, 3.63) is 23.0 Å². The maximum absolute atomic E-state index is 12.9. The molecule has 114 valence electrons. The quantitative estimate of drug-likeness (QED) is 0.811. The fraction of sp³-hybridized carbons (Fsp3) is 0.417. The average Bonchev–Trinajstić information content (AvgIpc) is 2.92. The molecule has 0 amide bonds. The molecule has 0 atom stereocenters. The molecular formula is C12H11F3N2O4. The molecule has 6 nitrogen and oxygen atoms in total. The Hall–Kier alpha value is -2.32. The van der Waals surface area contributed by atoms with Crippen molar-refractivity contribution in [3.63, 3.8) is 0 Å². The third-order valence-electron chi connectivity index (χ3n) is 2.45. The Balaban J connectivity index is 2.55. The van der Waals surface area contributed by atoms with Crippen LogP contribution in [0.1, 0.15) is 34.8 Å². The van der Waals surface area contributed by atoms with Crippen LogP contribution in [0, 0.1) is 13.8 Å². The zero-order chi connectivity index (χ0) is 15.8. The van der Waals surface area contributed by atoms with Crippen molar-refractivity contribution in [1.29, 1.82) is 0 Å². The van der Waals surface area contributed by atoms with Crippen LogP contribution in [0.5, 0.6) is 0 Å². The van der Waals surface area contributed by atoms with E-state index in [1.165, 1.54) is 20.8 Å². The van der Waals surface area contributed by atoms with Crippen LogP contribution in [0.25, 0.3) is 11.7 Å². The van der Waals surface area contributed by atoms with Crippen molar-refractivity contribution >= 4 is 5.97 Å². The van der Waals surface area contributed by atoms with E-state index in [0.29, 0.717) is 5.69 Å². The van der Waals surface area contributed by atoms with Crippen LogP contribution < -0.4 is 0 Å². The van der Waals surface area contributed by atoms with Gasteiger partial charge in [-0.1, -0.05) is 0 Å². The van der Waals surface area contributed by atoms with E-state index in [1.54, 1.807) is 0 Å². The Bertz CT molecular complexity index is 673. The normalized spacial score (nSPS) is 11.7. The number of aryl methyl sites for hydroxylation is 2. The molecule has 0 spiro atoms. The summed E-state index contributed by atoms with van der Waals surface area (Å²) in [6, 6.07) is 0. The number of hydrogen-bond acceptors (Lipinski definition) is 6. The van der Waals surface area contributed by atoms with Crippen LogP contribution in [0.4, 0.5) is 13.2 Å². The predicted molar refractivity (Wildman–Crippen MR) is 62.4 cm³/mol. The SMILES string of the molecule is CCOC(=O)c1oc(-c2oc(C)nc2C)nc1C(F)(F)F. The van der Waals surface area contributed by atoms with Crippen molar-refractivity contribution in [2.75, 3.05) is 6.61 Å². The number of alkyl halides is 3. The highest BCUT2D eigenvalue weighted by molar-refractivity contribution is 5.88. The van der Waals surface area contributed by atoms with E-state index in [9.17, 15) is 18.0 Å². The van der Waals surface area contributed by atoms with Gasteiger partial charge in [0.05, 0.1) is 12.3 Å². The lowest BCUT2D eigenvalue weighted by atomic mass is 10.3. The van der Waals surface area contributed by atoms with Crippen molar-refractivity contribution in [2.24, 2.45) is 0 Å². The highest BCUT2D eigenvalue weighted by atomic mass is 19.4. The fourth-order valence-corrected chi connectivity index (χ4v) is 1.67. The van der Waals surface area contributed by atoms with Gasteiger partial charge in [-0.3, -0.25) is 0 Å². The molecule has 0 aliphatic carbocycles. The van der Waals surface area contributed by atoms with E-state index >= 15 is 0 Å². The second-order valence-corrected chi connectivity index (χ2v) is 4.06. The van der Waals surface area contributed by atoms with Gasteiger partial charge in [0.1, 0.15) is 0 Å². The summed E-state index contributed by atoms with van der Waals surface area (Å²) in [7, 11) is 0. The molecule has 0 saturated heterocycles. The van der Waals surface area contributed by atoms with E-state index in [0.717, 1.165) is 0 Å². The third kappa shape index (κ3) is 2.91. The van der Waals surface area contributed by atoms with Gasteiger partial charge >= 0.3 is 12.1 Å². The van der Waals surface area contributed by atoms with Gasteiger partial charge in [0.15, 0.2) is 11.6 Å². The van der Waals surface area contributed by atoms with Gasteiger partial charge < -0.3 is 13.6 Å². The molecule has 2 heterocycles. The van der Waals surface area contributed by atoms with Crippen molar-refractivity contribution in [3.8, 4) is 11.7 Å². The molecule has 0 saturated carbocycles. The number of carbonyl (C=O) groups excluding carboxylic acids is 1. The number of rotatable bonds is 3.